The highest BCUT2D eigenvalue weighted by Gasteiger charge is 2.46. The van der Waals surface area contributed by atoms with E-state index in [2.05, 4.69) is 19.7 Å². The van der Waals surface area contributed by atoms with Gasteiger partial charge in [0.25, 0.3) is 5.91 Å². The third kappa shape index (κ3) is 3.44. The quantitative estimate of drug-likeness (QED) is 0.503. The second-order valence-corrected chi connectivity index (χ2v) is 5.85. The Hall–Kier alpha value is -2.98. The zero-order valence-electron chi connectivity index (χ0n) is 15.0. The Balaban J connectivity index is 2.45. The highest BCUT2D eigenvalue weighted by Crippen LogP contribution is 2.25. The van der Waals surface area contributed by atoms with Crippen LogP contribution in [0.25, 0.3) is 0 Å². The topological polar surface area (TPSA) is 112 Å². The Morgan fingerprint density at radius 3 is 2.04 bits per heavy atom. The number of imide groups is 1. The molecule has 2 heterocycles. The smallest absolute Gasteiger partial charge is 0.334 e. The minimum Gasteiger partial charge on any atom is -0.468 e. The Labute approximate surface area is 145 Å². The van der Waals surface area contributed by atoms with Gasteiger partial charge in [0.15, 0.2) is 0 Å². The number of aromatic nitrogens is 3. The summed E-state index contributed by atoms with van der Waals surface area (Å²) in [7, 11) is 8.20. The molecule has 1 saturated heterocycles. The Bertz CT molecular complexity index is 680. The predicted molar refractivity (Wildman–Crippen MR) is 89.5 cm³/mol. The number of carbonyl (C=O) groups is 3. The number of amides is 3. The van der Waals surface area contributed by atoms with Gasteiger partial charge in [0.05, 0.1) is 7.11 Å². The van der Waals surface area contributed by atoms with Crippen molar-refractivity contribution in [2.45, 2.75) is 13.0 Å². The van der Waals surface area contributed by atoms with Gasteiger partial charge in [0.1, 0.15) is 12.6 Å². The number of ether oxygens (including phenoxy) is 1. The molecule has 1 fully saturated rings. The van der Waals surface area contributed by atoms with Gasteiger partial charge in [-0.05, 0) is 6.92 Å². The highest BCUT2D eigenvalue weighted by molar-refractivity contribution is 6.14. The third-order valence-corrected chi connectivity index (χ3v) is 3.58. The molecule has 0 aromatic carbocycles. The molecule has 1 aromatic heterocycles. The molecular weight excluding hydrogens is 330 g/mol. The Kier molecular flexibility index (Phi) is 5.04. The summed E-state index contributed by atoms with van der Waals surface area (Å²) in [4.78, 5) is 54.5. The average molecular weight is 351 g/mol. The summed E-state index contributed by atoms with van der Waals surface area (Å²) in [6.45, 7) is 1.09. The zero-order valence-corrected chi connectivity index (χ0v) is 15.0. The molecule has 136 valence electrons. The molecule has 0 radical (unpaired) electrons. The van der Waals surface area contributed by atoms with Crippen molar-refractivity contribution in [2.24, 2.45) is 0 Å². The highest BCUT2D eigenvalue weighted by atomic mass is 16.5. The molecule has 0 aliphatic carbocycles. The number of anilines is 3. The summed E-state index contributed by atoms with van der Waals surface area (Å²) in [5.74, 6) is -0.483. The van der Waals surface area contributed by atoms with E-state index in [1.54, 1.807) is 44.9 Å². The van der Waals surface area contributed by atoms with Crippen molar-refractivity contribution in [2.75, 3.05) is 56.5 Å². The Morgan fingerprint density at radius 2 is 1.60 bits per heavy atom. The molecule has 11 heteroatoms. The summed E-state index contributed by atoms with van der Waals surface area (Å²) in [6.07, 6.45) is 0. The second-order valence-electron chi connectivity index (χ2n) is 5.85. The van der Waals surface area contributed by atoms with Gasteiger partial charge in [-0.2, -0.15) is 15.0 Å². The number of hydrogen-bond acceptors (Lipinski definition) is 9. The van der Waals surface area contributed by atoms with Gasteiger partial charge in [-0.1, -0.05) is 0 Å². The monoisotopic (exact) mass is 351 g/mol. The molecule has 2 rings (SSSR count). The molecule has 25 heavy (non-hydrogen) atoms. The maximum absolute atomic E-state index is 12.6. The van der Waals surface area contributed by atoms with E-state index in [0.29, 0.717) is 11.9 Å². The van der Waals surface area contributed by atoms with E-state index in [1.165, 1.54) is 7.11 Å². The van der Waals surface area contributed by atoms with Crippen LogP contribution in [-0.4, -0.2) is 85.6 Å². The number of esters is 1. The van der Waals surface area contributed by atoms with E-state index < -0.39 is 30.5 Å². The summed E-state index contributed by atoms with van der Waals surface area (Å²) in [5.41, 5.74) is 0. The van der Waals surface area contributed by atoms with Crippen LogP contribution in [-0.2, 0) is 14.3 Å². The molecule has 1 unspecified atom stereocenters. The number of rotatable bonds is 5. The fraction of sp³-hybridized carbons (Fsp3) is 0.571. The predicted octanol–water partition coefficient (Wildman–Crippen LogP) is -0.666. The molecule has 1 aliphatic rings. The minimum atomic E-state index is -0.843. The zero-order chi connectivity index (χ0) is 18.9. The van der Waals surface area contributed by atoms with E-state index in [0.717, 1.165) is 9.80 Å². The number of urea groups is 1. The molecule has 1 atom stereocenters. The molecule has 11 nitrogen and oxygen atoms in total. The van der Waals surface area contributed by atoms with Crippen LogP contribution in [0.1, 0.15) is 6.92 Å². The van der Waals surface area contributed by atoms with E-state index in [4.69, 9.17) is 0 Å². The van der Waals surface area contributed by atoms with Gasteiger partial charge in [0.2, 0.25) is 17.8 Å². The summed E-state index contributed by atoms with van der Waals surface area (Å²) in [6, 6.07) is -1.52. The van der Waals surface area contributed by atoms with Gasteiger partial charge >= 0.3 is 12.0 Å². The van der Waals surface area contributed by atoms with E-state index in [9.17, 15) is 14.4 Å². The third-order valence-electron chi connectivity index (χ3n) is 3.58. The van der Waals surface area contributed by atoms with Crippen molar-refractivity contribution < 1.29 is 19.1 Å². The normalized spacial score (nSPS) is 17.1. The number of nitrogens with zero attached hydrogens (tertiary/aromatic N) is 7. The molecule has 0 saturated carbocycles. The van der Waals surface area contributed by atoms with Crippen LogP contribution in [0.4, 0.5) is 22.6 Å². The lowest BCUT2D eigenvalue weighted by atomic mass is 10.3. The van der Waals surface area contributed by atoms with Gasteiger partial charge in [-0.25, -0.2) is 9.69 Å². The van der Waals surface area contributed by atoms with Crippen molar-refractivity contribution in [3.05, 3.63) is 0 Å². The summed E-state index contributed by atoms with van der Waals surface area (Å²) in [5, 5.41) is 0. The van der Waals surface area contributed by atoms with Crippen molar-refractivity contribution in [1.82, 2.24) is 19.9 Å². The molecule has 0 bridgehead atoms. The van der Waals surface area contributed by atoms with Crippen molar-refractivity contribution in [3.8, 4) is 0 Å². The van der Waals surface area contributed by atoms with Crippen LogP contribution in [0.2, 0.25) is 0 Å². The van der Waals surface area contributed by atoms with Gasteiger partial charge in [-0.3, -0.25) is 14.5 Å². The number of hydrogen-bond donors (Lipinski definition) is 0. The first-order valence-electron chi connectivity index (χ1n) is 7.49. The van der Waals surface area contributed by atoms with Crippen LogP contribution >= 0.6 is 0 Å². The van der Waals surface area contributed by atoms with Crippen molar-refractivity contribution >= 4 is 35.8 Å². The first kappa shape index (κ1) is 18.4. The van der Waals surface area contributed by atoms with Crippen molar-refractivity contribution in [1.29, 1.82) is 0 Å². The van der Waals surface area contributed by atoms with E-state index in [-0.39, 0.29) is 5.95 Å². The van der Waals surface area contributed by atoms with Gasteiger partial charge < -0.3 is 14.5 Å². The van der Waals surface area contributed by atoms with Crippen molar-refractivity contribution in [3.63, 3.8) is 0 Å². The van der Waals surface area contributed by atoms with Crippen LogP contribution < -0.4 is 14.7 Å². The van der Waals surface area contributed by atoms with E-state index >= 15 is 0 Å². The van der Waals surface area contributed by atoms with Crippen LogP contribution in [0.3, 0.4) is 0 Å². The fourth-order valence-corrected chi connectivity index (χ4v) is 2.17. The second kappa shape index (κ2) is 6.87. The summed E-state index contributed by atoms with van der Waals surface area (Å²) >= 11 is 0. The standard InChI is InChI=1S/C14H21N7O4/c1-8-10(23)20(7-9(22)25-6)14(24)21(8)13-16-11(18(2)3)15-12(17-13)19(4)5/h8H,7H2,1-6H3. The van der Waals surface area contributed by atoms with Crippen LogP contribution in [0.5, 0.6) is 0 Å². The average Bonchev–Trinajstić information content (AvgIpc) is 2.77. The SMILES string of the molecule is COC(=O)CN1C(=O)C(C)N(c2nc(N(C)C)nc(N(C)C)n2)C1=O. The number of carbonyl (C=O) groups excluding carboxylic acids is 3. The largest absolute Gasteiger partial charge is 0.468 e. The molecule has 0 spiro atoms. The first-order valence-corrected chi connectivity index (χ1v) is 7.49. The van der Waals surface area contributed by atoms with Crippen LogP contribution in [0, 0.1) is 0 Å². The fourth-order valence-electron chi connectivity index (χ4n) is 2.17. The van der Waals surface area contributed by atoms with Gasteiger partial charge in [0, 0.05) is 28.2 Å². The molecule has 0 N–H and O–H groups in total. The first-order chi connectivity index (χ1) is 11.7. The lowest BCUT2D eigenvalue weighted by Gasteiger charge is -2.21. The molecule has 1 aromatic rings. The van der Waals surface area contributed by atoms with E-state index in [1.807, 2.05) is 0 Å². The maximum Gasteiger partial charge on any atom is 0.334 e. The molecular formula is C14H21N7O4. The van der Waals surface area contributed by atoms with Crippen LogP contribution in [0.15, 0.2) is 0 Å². The lowest BCUT2D eigenvalue weighted by molar-refractivity contribution is -0.144. The Morgan fingerprint density at radius 1 is 1.08 bits per heavy atom. The molecule has 3 amide bonds. The molecule has 1 aliphatic heterocycles. The summed E-state index contributed by atoms with van der Waals surface area (Å²) < 4.78 is 4.53. The van der Waals surface area contributed by atoms with Gasteiger partial charge in [-0.15, -0.1) is 0 Å². The minimum absolute atomic E-state index is 0.0422. The maximum atomic E-state index is 12.6. The number of methoxy groups -OCH3 is 1. The lowest BCUT2D eigenvalue weighted by Crippen LogP contribution is -2.38.